The Bertz CT molecular complexity index is 691. The van der Waals surface area contributed by atoms with Gasteiger partial charge in [0.15, 0.2) is 0 Å². The molecule has 0 radical (unpaired) electrons. The van der Waals surface area contributed by atoms with Gasteiger partial charge >= 0.3 is 0 Å². The van der Waals surface area contributed by atoms with E-state index in [1.54, 1.807) is 6.20 Å². The highest BCUT2D eigenvalue weighted by Crippen LogP contribution is 2.23. The lowest BCUT2D eigenvalue weighted by atomic mass is 10.1. The van der Waals surface area contributed by atoms with E-state index in [4.69, 9.17) is 4.74 Å². The number of morpholine rings is 1. The number of carbonyl (C=O) groups is 1. The number of H-pyrrole nitrogens is 1. The van der Waals surface area contributed by atoms with Gasteiger partial charge in [0.25, 0.3) is 0 Å². The molecule has 23 heavy (non-hydrogen) atoms. The number of pyridine rings is 1. The maximum absolute atomic E-state index is 12.6. The molecule has 1 unspecified atom stereocenters. The van der Waals surface area contributed by atoms with Crippen LogP contribution in [0.15, 0.2) is 18.3 Å². The Kier molecular flexibility index (Phi) is 4.43. The summed E-state index contributed by atoms with van der Waals surface area (Å²) in [5.74, 6) is 0.122. The highest BCUT2D eigenvalue weighted by Gasteiger charge is 2.26. The van der Waals surface area contributed by atoms with E-state index in [9.17, 15) is 4.79 Å². The molecule has 1 saturated heterocycles. The fraction of sp³-hybridized carbons (Fsp3) is 0.471. The third-order valence-corrected chi connectivity index (χ3v) is 4.32. The summed E-state index contributed by atoms with van der Waals surface area (Å²) in [7, 11) is 0. The van der Waals surface area contributed by atoms with Crippen LogP contribution in [-0.2, 0) is 16.0 Å². The number of hydrogen-bond donors (Lipinski definition) is 1. The number of aromatic nitrogens is 3. The van der Waals surface area contributed by atoms with Crippen LogP contribution >= 0.6 is 0 Å². The summed E-state index contributed by atoms with van der Waals surface area (Å²) in [6.45, 7) is 7.60. The van der Waals surface area contributed by atoms with Gasteiger partial charge in [-0.3, -0.25) is 14.9 Å². The summed E-state index contributed by atoms with van der Waals surface area (Å²) in [4.78, 5) is 18.7. The normalized spacial score (nSPS) is 18.2. The molecule has 1 N–H and O–H groups in total. The quantitative estimate of drug-likeness (QED) is 0.939. The first kappa shape index (κ1) is 15.7. The van der Waals surface area contributed by atoms with Crippen molar-refractivity contribution in [2.45, 2.75) is 33.3 Å². The molecule has 0 saturated carbocycles. The topological polar surface area (TPSA) is 71.1 Å². The predicted octanol–water partition coefficient (Wildman–Crippen LogP) is 1.87. The number of nitrogens with zero attached hydrogens (tertiary/aromatic N) is 3. The molecule has 3 rings (SSSR count). The number of aromatic amines is 1. The molecule has 2 aromatic rings. The molecule has 0 aliphatic carbocycles. The second kappa shape index (κ2) is 6.50. The van der Waals surface area contributed by atoms with Crippen LogP contribution in [0.5, 0.6) is 0 Å². The van der Waals surface area contributed by atoms with Gasteiger partial charge in [0.1, 0.15) is 6.10 Å². The summed E-state index contributed by atoms with van der Waals surface area (Å²) in [6.07, 6.45) is 2.09. The first-order valence-electron chi connectivity index (χ1n) is 7.87. The van der Waals surface area contributed by atoms with E-state index < -0.39 is 0 Å². The van der Waals surface area contributed by atoms with E-state index in [1.807, 2.05) is 37.8 Å². The Balaban J connectivity index is 1.70. The molecule has 2 aromatic heterocycles. The zero-order chi connectivity index (χ0) is 16.4. The highest BCUT2D eigenvalue weighted by molar-refractivity contribution is 5.79. The minimum absolute atomic E-state index is 0.0825. The number of amides is 1. The molecular formula is C17H22N4O2. The fourth-order valence-electron chi connectivity index (χ4n) is 2.94. The van der Waals surface area contributed by atoms with Gasteiger partial charge in [-0.2, -0.15) is 5.10 Å². The van der Waals surface area contributed by atoms with E-state index in [-0.39, 0.29) is 12.0 Å². The van der Waals surface area contributed by atoms with Crippen LogP contribution in [0.4, 0.5) is 0 Å². The van der Waals surface area contributed by atoms with Crippen LogP contribution in [-0.4, -0.2) is 45.7 Å². The van der Waals surface area contributed by atoms with Crippen molar-refractivity contribution in [3.05, 3.63) is 46.5 Å². The molecule has 3 heterocycles. The van der Waals surface area contributed by atoms with Crippen LogP contribution in [0.1, 0.15) is 34.3 Å². The minimum Gasteiger partial charge on any atom is -0.370 e. The molecule has 1 atom stereocenters. The van der Waals surface area contributed by atoms with Crippen molar-refractivity contribution >= 4 is 5.91 Å². The summed E-state index contributed by atoms with van der Waals surface area (Å²) in [5, 5.41) is 7.09. The monoisotopic (exact) mass is 314 g/mol. The Labute approximate surface area is 135 Å². The summed E-state index contributed by atoms with van der Waals surface area (Å²) < 4.78 is 5.84. The van der Waals surface area contributed by atoms with Gasteiger partial charge in [0, 0.05) is 29.7 Å². The van der Waals surface area contributed by atoms with Crippen molar-refractivity contribution in [2.75, 3.05) is 19.7 Å². The van der Waals surface area contributed by atoms with Gasteiger partial charge in [-0.1, -0.05) is 0 Å². The molecule has 6 heteroatoms. The van der Waals surface area contributed by atoms with E-state index >= 15 is 0 Å². The van der Waals surface area contributed by atoms with Crippen LogP contribution in [0.3, 0.4) is 0 Å². The van der Waals surface area contributed by atoms with Gasteiger partial charge in [-0.15, -0.1) is 0 Å². The molecule has 1 amide bonds. The molecule has 1 aliphatic heterocycles. The molecule has 1 aliphatic rings. The third kappa shape index (κ3) is 3.42. The molecule has 0 bridgehead atoms. The molecule has 122 valence electrons. The molecule has 0 spiro atoms. The smallest absolute Gasteiger partial charge is 0.227 e. The lowest BCUT2D eigenvalue weighted by molar-refractivity contribution is -0.138. The Morgan fingerprint density at radius 2 is 2.26 bits per heavy atom. The van der Waals surface area contributed by atoms with Crippen LogP contribution in [0, 0.1) is 20.8 Å². The zero-order valence-corrected chi connectivity index (χ0v) is 13.8. The average molecular weight is 314 g/mol. The zero-order valence-electron chi connectivity index (χ0n) is 13.8. The summed E-state index contributed by atoms with van der Waals surface area (Å²) in [6, 6.07) is 3.97. The minimum atomic E-state index is -0.0825. The first-order valence-corrected chi connectivity index (χ1v) is 7.87. The Morgan fingerprint density at radius 1 is 1.43 bits per heavy atom. The van der Waals surface area contributed by atoms with E-state index in [2.05, 4.69) is 15.2 Å². The van der Waals surface area contributed by atoms with Crippen molar-refractivity contribution < 1.29 is 9.53 Å². The van der Waals surface area contributed by atoms with Gasteiger partial charge < -0.3 is 9.64 Å². The lowest BCUT2D eigenvalue weighted by Crippen LogP contribution is -2.43. The van der Waals surface area contributed by atoms with Crippen molar-refractivity contribution in [2.24, 2.45) is 0 Å². The van der Waals surface area contributed by atoms with Gasteiger partial charge in [-0.05, 0) is 38.5 Å². The van der Waals surface area contributed by atoms with Gasteiger partial charge in [-0.25, -0.2) is 0 Å². The molecular weight excluding hydrogens is 292 g/mol. The van der Waals surface area contributed by atoms with E-state index in [0.29, 0.717) is 26.1 Å². The number of carbonyl (C=O) groups excluding carboxylic acids is 1. The third-order valence-electron chi connectivity index (χ3n) is 4.32. The van der Waals surface area contributed by atoms with Crippen LogP contribution in [0.25, 0.3) is 0 Å². The SMILES string of the molecule is Cc1cc(C2CN(C(=O)Cc3c(C)n[nH]c3C)CCO2)ccn1. The Hall–Kier alpha value is -2.21. The largest absolute Gasteiger partial charge is 0.370 e. The highest BCUT2D eigenvalue weighted by atomic mass is 16.5. The Morgan fingerprint density at radius 3 is 2.96 bits per heavy atom. The molecule has 0 aromatic carbocycles. The standard InChI is InChI=1S/C17H22N4O2/c1-11-8-14(4-5-18-11)16-10-21(6-7-23-16)17(22)9-15-12(2)19-20-13(15)3/h4-5,8,16H,6-7,9-10H2,1-3H3,(H,19,20). The summed E-state index contributed by atoms with van der Waals surface area (Å²) >= 11 is 0. The lowest BCUT2D eigenvalue weighted by Gasteiger charge is -2.33. The first-order chi connectivity index (χ1) is 11.0. The van der Waals surface area contributed by atoms with Crippen LogP contribution in [0.2, 0.25) is 0 Å². The van der Waals surface area contributed by atoms with Gasteiger partial charge in [0.05, 0.1) is 25.3 Å². The maximum Gasteiger partial charge on any atom is 0.227 e. The number of ether oxygens (including phenoxy) is 1. The molecule has 6 nitrogen and oxygen atoms in total. The summed E-state index contributed by atoms with van der Waals surface area (Å²) in [5.41, 5.74) is 4.89. The molecule has 1 fully saturated rings. The average Bonchev–Trinajstić information content (AvgIpc) is 2.87. The number of nitrogens with one attached hydrogen (secondary N) is 1. The maximum atomic E-state index is 12.6. The van der Waals surface area contributed by atoms with Crippen molar-refractivity contribution in [1.82, 2.24) is 20.1 Å². The second-order valence-corrected chi connectivity index (χ2v) is 6.02. The van der Waals surface area contributed by atoms with Crippen molar-refractivity contribution in [1.29, 1.82) is 0 Å². The van der Waals surface area contributed by atoms with Crippen molar-refractivity contribution in [3.63, 3.8) is 0 Å². The predicted molar refractivity (Wildman–Crippen MR) is 86.0 cm³/mol. The number of rotatable bonds is 3. The van der Waals surface area contributed by atoms with Crippen LogP contribution < -0.4 is 0 Å². The van der Waals surface area contributed by atoms with Crippen molar-refractivity contribution in [3.8, 4) is 0 Å². The second-order valence-electron chi connectivity index (χ2n) is 6.02. The number of aryl methyl sites for hydroxylation is 3. The van der Waals surface area contributed by atoms with E-state index in [1.165, 1.54) is 0 Å². The number of hydrogen-bond acceptors (Lipinski definition) is 4. The van der Waals surface area contributed by atoms with Gasteiger partial charge in [0.2, 0.25) is 5.91 Å². The van der Waals surface area contributed by atoms with E-state index in [0.717, 1.165) is 28.2 Å². The fourth-order valence-corrected chi connectivity index (χ4v) is 2.94.